The van der Waals surface area contributed by atoms with Gasteiger partial charge in [-0.1, -0.05) is 0 Å². The van der Waals surface area contributed by atoms with Gasteiger partial charge in [-0.15, -0.1) is 0 Å². The van der Waals surface area contributed by atoms with Crippen LogP contribution in [0.25, 0.3) is 10.9 Å². The average Bonchev–Trinajstić information content (AvgIpc) is 2.84. The lowest BCUT2D eigenvalue weighted by Gasteiger charge is -2.12. The van der Waals surface area contributed by atoms with Gasteiger partial charge in [-0.25, -0.2) is 0 Å². The van der Waals surface area contributed by atoms with Crippen LogP contribution in [0.4, 0.5) is 0 Å². The van der Waals surface area contributed by atoms with Crippen molar-refractivity contribution in [3.8, 4) is 11.5 Å². The number of aromatic nitrogens is 1. The minimum absolute atomic E-state index is 0.108. The molecule has 0 spiro atoms. The zero-order valence-electron chi connectivity index (χ0n) is 13.5. The van der Waals surface area contributed by atoms with Crippen LogP contribution in [0.1, 0.15) is 25.8 Å². The standard InChI is InChI=1S/C17H26N2O3/c1-3-21-16-10-14-13(6-5-7-18)12-19(8-9-20)15(14)11-17(16)22-4-2/h10-12,20H,3-9,18H2,1-2H3. The summed E-state index contributed by atoms with van der Waals surface area (Å²) in [5.74, 6) is 1.52. The molecule has 0 bridgehead atoms. The Morgan fingerprint density at radius 3 is 2.41 bits per heavy atom. The topological polar surface area (TPSA) is 69.6 Å². The molecule has 0 atom stereocenters. The Hall–Kier alpha value is -1.72. The summed E-state index contributed by atoms with van der Waals surface area (Å²) in [6, 6.07) is 4.05. The molecule has 0 saturated carbocycles. The van der Waals surface area contributed by atoms with E-state index in [0.29, 0.717) is 26.3 Å². The summed E-state index contributed by atoms with van der Waals surface area (Å²) >= 11 is 0. The molecule has 3 N–H and O–H groups in total. The van der Waals surface area contributed by atoms with Crippen LogP contribution < -0.4 is 15.2 Å². The number of hydrogen-bond donors (Lipinski definition) is 2. The number of aryl methyl sites for hydroxylation is 1. The highest BCUT2D eigenvalue weighted by molar-refractivity contribution is 5.87. The second kappa shape index (κ2) is 8.06. The van der Waals surface area contributed by atoms with Crippen molar-refractivity contribution < 1.29 is 14.6 Å². The smallest absolute Gasteiger partial charge is 0.163 e. The fourth-order valence-corrected chi connectivity index (χ4v) is 2.69. The summed E-state index contributed by atoms with van der Waals surface area (Å²) in [6.45, 7) is 6.46. The zero-order chi connectivity index (χ0) is 15.9. The number of fused-ring (bicyclic) bond motifs is 1. The molecule has 0 amide bonds. The minimum Gasteiger partial charge on any atom is -0.490 e. The molecular weight excluding hydrogens is 280 g/mol. The first kappa shape index (κ1) is 16.6. The molecule has 5 heteroatoms. The second-order valence-corrected chi connectivity index (χ2v) is 5.15. The molecule has 0 aliphatic carbocycles. The highest BCUT2D eigenvalue weighted by Crippen LogP contribution is 2.35. The number of hydrogen-bond acceptors (Lipinski definition) is 4. The van der Waals surface area contributed by atoms with E-state index < -0.39 is 0 Å². The van der Waals surface area contributed by atoms with Gasteiger partial charge in [-0.05, 0) is 44.9 Å². The lowest BCUT2D eigenvalue weighted by atomic mass is 10.1. The number of aliphatic hydroxyl groups excluding tert-OH is 1. The maximum absolute atomic E-state index is 9.28. The molecule has 0 radical (unpaired) electrons. The van der Waals surface area contributed by atoms with E-state index in [1.807, 2.05) is 26.0 Å². The van der Waals surface area contributed by atoms with Crippen LogP contribution in [0, 0.1) is 0 Å². The van der Waals surface area contributed by atoms with E-state index in [9.17, 15) is 5.11 Å². The summed E-state index contributed by atoms with van der Waals surface area (Å²) in [5.41, 5.74) is 7.93. The number of ether oxygens (including phenoxy) is 2. The Morgan fingerprint density at radius 2 is 1.82 bits per heavy atom. The average molecular weight is 306 g/mol. The quantitative estimate of drug-likeness (QED) is 0.746. The summed E-state index contributed by atoms with van der Waals surface area (Å²) in [7, 11) is 0. The molecule has 0 aliphatic rings. The van der Waals surface area contributed by atoms with Gasteiger partial charge in [0.15, 0.2) is 11.5 Å². The third-order valence-corrected chi connectivity index (χ3v) is 3.62. The third-order valence-electron chi connectivity index (χ3n) is 3.62. The Balaban J connectivity index is 2.53. The van der Waals surface area contributed by atoms with Crippen LogP contribution in [0.2, 0.25) is 0 Å². The second-order valence-electron chi connectivity index (χ2n) is 5.15. The van der Waals surface area contributed by atoms with Crippen molar-refractivity contribution in [2.45, 2.75) is 33.2 Å². The maximum Gasteiger partial charge on any atom is 0.163 e. The Morgan fingerprint density at radius 1 is 1.14 bits per heavy atom. The van der Waals surface area contributed by atoms with E-state index in [1.54, 1.807) is 0 Å². The van der Waals surface area contributed by atoms with Gasteiger partial charge < -0.3 is 24.9 Å². The van der Waals surface area contributed by atoms with Crippen molar-refractivity contribution in [2.24, 2.45) is 5.73 Å². The molecule has 0 unspecified atom stereocenters. The van der Waals surface area contributed by atoms with Crippen LogP contribution in [-0.2, 0) is 13.0 Å². The summed E-state index contributed by atoms with van der Waals surface area (Å²) in [4.78, 5) is 0. The fraction of sp³-hybridized carbons (Fsp3) is 0.529. The molecule has 0 aliphatic heterocycles. The van der Waals surface area contributed by atoms with Gasteiger partial charge in [0.25, 0.3) is 0 Å². The molecule has 2 rings (SSSR count). The normalized spacial score (nSPS) is 11.1. The summed E-state index contributed by atoms with van der Waals surface area (Å²) in [5, 5.41) is 10.4. The van der Waals surface area contributed by atoms with Gasteiger partial charge in [-0.2, -0.15) is 0 Å². The van der Waals surface area contributed by atoms with E-state index in [2.05, 4.69) is 10.8 Å². The zero-order valence-corrected chi connectivity index (χ0v) is 13.5. The van der Waals surface area contributed by atoms with Crippen molar-refractivity contribution >= 4 is 10.9 Å². The monoisotopic (exact) mass is 306 g/mol. The van der Waals surface area contributed by atoms with Gasteiger partial charge in [0.05, 0.1) is 25.3 Å². The van der Waals surface area contributed by atoms with Crippen LogP contribution in [0.3, 0.4) is 0 Å². The van der Waals surface area contributed by atoms with Gasteiger partial charge in [0.2, 0.25) is 0 Å². The van der Waals surface area contributed by atoms with Gasteiger partial charge in [0, 0.05) is 24.2 Å². The SMILES string of the molecule is CCOc1cc2c(CCCN)cn(CCO)c2cc1OCC. The van der Waals surface area contributed by atoms with Crippen LogP contribution >= 0.6 is 0 Å². The van der Waals surface area contributed by atoms with Crippen LogP contribution in [-0.4, -0.2) is 36.0 Å². The first-order valence-corrected chi connectivity index (χ1v) is 7.97. The number of nitrogens with two attached hydrogens (primary N) is 1. The summed E-state index contributed by atoms with van der Waals surface area (Å²) < 4.78 is 13.5. The first-order valence-electron chi connectivity index (χ1n) is 7.97. The first-order chi connectivity index (χ1) is 10.7. The summed E-state index contributed by atoms with van der Waals surface area (Å²) in [6.07, 6.45) is 3.96. The molecule has 0 saturated heterocycles. The fourth-order valence-electron chi connectivity index (χ4n) is 2.69. The van der Waals surface area contributed by atoms with Gasteiger partial charge in [-0.3, -0.25) is 0 Å². The molecule has 1 aromatic heterocycles. The van der Waals surface area contributed by atoms with Crippen LogP contribution in [0.15, 0.2) is 18.3 Å². The van der Waals surface area contributed by atoms with Gasteiger partial charge >= 0.3 is 0 Å². The predicted octanol–water partition coefficient (Wildman–Crippen LogP) is 2.32. The van der Waals surface area contributed by atoms with Crippen molar-refractivity contribution in [3.63, 3.8) is 0 Å². The van der Waals surface area contributed by atoms with Crippen LogP contribution in [0.5, 0.6) is 11.5 Å². The molecule has 2 aromatic rings. The Labute approximate surface area is 131 Å². The highest BCUT2D eigenvalue weighted by atomic mass is 16.5. The van der Waals surface area contributed by atoms with E-state index in [4.69, 9.17) is 15.2 Å². The lowest BCUT2D eigenvalue weighted by Crippen LogP contribution is -2.02. The maximum atomic E-state index is 9.28. The number of benzene rings is 1. The van der Waals surface area contributed by atoms with Crippen molar-refractivity contribution in [1.29, 1.82) is 0 Å². The highest BCUT2D eigenvalue weighted by Gasteiger charge is 2.14. The van der Waals surface area contributed by atoms with E-state index in [1.165, 1.54) is 5.56 Å². The number of aliphatic hydroxyl groups is 1. The number of nitrogens with zero attached hydrogens (tertiary/aromatic N) is 1. The van der Waals surface area contributed by atoms with Crippen molar-refractivity contribution in [2.75, 3.05) is 26.4 Å². The van der Waals surface area contributed by atoms with E-state index in [-0.39, 0.29) is 6.61 Å². The molecule has 1 aromatic carbocycles. The Kier molecular flexibility index (Phi) is 6.10. The van der Waals surface area contributed by atoms with Gasteiger partial charge in [0.1, 0.15) is 0 Å². The number of rotatable bonds is 9. The lowest BCUT2D eigenvalue weighted by molar-refractivity contribution is 0.277. The third kappa shape index (κ3) is 3.54. The molecular formula is C17H26N2O3. The Bertz CT molecular complexity index is 607. The molecule has 0 fully saturated rings. The molecule has 22 heavy (non-hydrogen) atoms. The molecule has 1 heterocycles. The van der Waals surface area contributed by atoms with Crippen molar-refractivity contribution in [3.05, 3.63) is 23.9 Å². The minimum atomic E-state index is 0.108. The van der Waals surface area contributed by atoms with E-state index in [0.717, 1.165) is 35.2 Å². The predicted molar refractivity (Wildman–Crippen MR) is 88.7 cm³/mol. The van der Waals surface area contributed by atoms with Crippen molar-refractivity contribution in [1.82, 2.24) is 4.57 Å². The molecule has 122 valence electrons. The van der Waals surface area contributed by atoms with E-state index >= 15 is 0 Å². The largest absolute Gasteiger partial charge is 0.490 e. The molecule has 5 nitrogen and oxygen atoms in total.